The molecule has 2 aromatic carbocycles. The Morgan fingerprint density at radius 1 is 1.06 bits per heavy atom. The van der Waals surface area contributed by atoms with Crippen molar-refractivity contribution in [1.29, 1.82) is 0 Å². The number of ether oxygens (including phenoxy) is 1. The highest BCUT2D eigenvalue weighted by atomic mass is 35.5. The Balaban J connectivity index is 1.66. The van der Waals surface area contributed by atoms with Crippen LogP contribution in [0.3, 0.4) is 0 Å². The molecule has 3 atom stereocenters. The zero-order chi connectivity index (χ0) is 26.0. The maximum atomic E-state index is 13.2. The Kier molecular flexibility index (Phi) is 8.02. The van der Waals surface area contributed by atoms with Gasteiger partial charge in [-0.25, -0.2) is 4.79 Å². The van der Waals surface area contributed by atoms with E-state index in [9.17, 15) is 24.6 Å². The topological polar surface area (TPSA) is 113 Å². The SMILES string of the molecule is CC1(C)[C@@H](C(=O)O)CC[C@@]1(C)C(=O)N[C@H](Cc1ccc(OCc2c(Cl)cccc2Cl)cc1)C(=O)O. The first kappa shape index (κ1) is 26.8. The van der Waals surface area contributed by atoms with Crippen LogP contribution in [0.25, 0.3) is 0 Å². The van der Waals surface area contributed by atoms with E-state index in [1.807, 2.05) is 0 Å². The van der Waals surface area contributed by atoms with Gasteiger partial charge >= 0.3 is 11.9 Å². The van der Waals surface area contributed by atoms with Crippen LogP contribution in [0.15, 0.2) is 42.5 Å². The van der Waals surface area contributed by atoms with E-state index >= 15 is 0 Å². The minimum absolute atomic E-state index is 0.0660. The highest BCUT2D eigenvalue weighted by Gasteiger charge is 2.58. The van der Waals surface area contributed by atoms with E-state index in [1.165, 1.54) is 0 Å². The predicted octanol–water partition coefficient (Wildman–Crippen LogP) is 5.21. The van der Waals surface area contributed by atoms with Crippen molar-refractivity contribution < 1.29 is 29.3 Å². The molecule has 1 fully saturated rings. The zero-order valence-electron chi connectivity index (χ0n) is 19.8. The van der Waals surface area contributed by atoms with Gasteiger partial charge in [0, 0.05) is 22.0 Å². The summed E-state index contributed by atoms with van der Waals surface area (Å²) in [5, 5.41) is 22.9. The molecule has 2 aromatic rings. The fraction of sp³-hybridized carbons (Fsp3) is 0.423. The van der Waals surface area contributed by atoms with Gasteiger partial charge in [0.25, 0.3) is 0 Å². The number of nitrogens with one attached hydrogen (secondary N) is 1. The molecule has 0 unspecified atom stereocenters. The molecule has 0 spiro atoms. The lowest BCUT2D eigenvalue weighted by Gasteiger charge is -2.39. The van der Waals surface area contributed by atoms with Crippen molar-refractivity contribution in [2.24, 2.45) is 16.7 Å². The van der Waals surface area contributed by atoms with E-state index in [1.54, 1.807) is 63.2 Å². The van der Waals surface area contributed by atoms with Crippen LogP contribution in [-0.2, 0) is 27.4 Å². The number of carboxylic acid groups (broad SMARTS) is 2. The second-order valence-electron chi connectivity index (χ2n) is 9.68. The molecule has 3 N–H and O–H groups in total. The number of amides is 1. The summed E-state index contributed by atoms with van der Waals surface area (Å²) in [5.74, 6) is -2.67. The Labute approximate surface area is 214 Å². The number of rotatable bonds is 9. The third-order valence-corrected chi connectivity index (χ3v) is 8.15. The van der Waals surface area contributed by atoms with E-state index in [2.05, 4.69) is 5.32 Å². The van der Waals surface area contributed by atoms with Crippen molar-refractivity contribution in [3.05, 3.63) is 63.6 Å². The van der Waals surface area contributed by atoms with Crippen LogP contribution in [0, 0.1) is 16.7 Å². The molecule has 1 aliphatic rings. The lowest BCUT2D eigenvalue weighted by Crippen LogP contribution is -2.53. The molecule has 7 nitrogen and oxygen atoms in total. The van der Waals surface area contributed by atoms with Crippen LogP contribution in [0.4, 0.5) is 0 Å². The highest BCUT2D eigenvalue weighted by molar-refractivity contribution is 6.35. The molecule has 0 heterocycles. The Morgan fingerprint density at radius 2 is 1.66 bits per heavy atom. The van der Waals surface area contributed by atoms with Gasteiger partial charge in [-0.1, -0.05) is 62.2 Å². The van der Waals surface area contributed by atoms with Gasteiger partial charge in [-0.05, 0) is 48.1 Å². The summed E-state index contributed by atoms with van der Waals surface area (Å²) in [6.07, 6.45) is 0.804. The molecule has 0 aliphatic heterocycles. The smallest absolute Gasteiger partial charge is 0.326 e. The maximum absolute atomic E-state index is 13.2. The molecular weight excluding hydrogens is 493 g/mol. The first-order valence-electron chi connectivity index (χ1n) is 11.3. The van der Waals surface area contributed by atoms with Crippen molar-refractivity contribution in [3.8, 4) is 5.75 Å². The van der Waals surface area contributed by atoms with E-state index in [4.69, 9.17) is 27.9 Å². The predicted molar refractivity (Wildman–Crippen MR) is 133 cm³/mol. The molecule has 35 heavy (non-hydrogen) atoms. The van der Waals surface area contributed by atoms with Crippen molar-refractivity contribution in [2.75, 3.05) is 0 Å². The van der Waals surface area contributed by atoms with Gasteiger partial charge in [0.1, 0.15) is 18.4 Å². The molecule has 0 saturated heterocycles. The average Bonchev–Trinajstić information content (AvgIpc) is 3.03. The van der Waals surface area contributed by atoms with Gasteiger partial charge in [0.05, 0.1) is 11.3 Å². The van der Waals surface area contributed by atoms with Gasteiger partial charge in [-0.3, -0.25) is 9.59 Å². The second-order valence-corrected chi connectivity index (χ2v) is 10.5. The zero-order valence-corrected chi connectivity index (χ0v) is 21.3. The quantitative estimate of drug-likeness (QED) is 0.417. The number of carbonyl (C=O) groups is 3. The number of hydrogen-bond donors (Lipinski definition) is 3. The summed E-state index contributed by atoms with van der Waals surface area (Å²) in [6.45, 7) is 5.39. The molecule has 0 aromatic heterocycles. The van der Waals surface area contributed by atoms with E-state index < -0.39 is 40.6 Å². The average molecular weight is 522 g/mol. The van der Waals surface area contributed by atoms with Crippen molar-refractivity contribution in [2.45, 2.75) is 52.7 Å². The molecule has 1 saturated carbocycles. The maximum Gasteiger partial charge on any atom is 0.326 e. The number of hydrogen-bond acceptors (Lipinski definition) is 4. The van der Waals surface area contributed by atoms with Crippen LogP contribution in [0.2, 0.25) is 10.0 Å². The fourth-order valence-corrected chi connectivity index (χ4v) is 5.15. The van der Waals surface area contributed by atoms with E-state index in [0.29, 0.717) is 39.8 Å². The summed E-state index contributed by atoms with van der Waals surface area (Å²) in [6, 6.07) is 10.9. The molecule has 188 valence electrons. The number of benzene rings is 2. The molecule has 9 heteroatoms. The van der Waals surface area contributed by atoms with Crippen molar-refractivity contribution >= 4 is 41.0 Å². The van der Waals surface area contributed by atoms with Gasteiger partial charge in [0.15, 0.2) is 0 Å². The first-order chi connectivity index (χ1) is 16.4. The van der Waals surface area contributed by atoms with E-state index in [0.717, 1.165) is 0 Å². The fourth-order valence-electron chi connectivity index (χ4n) is 4.64. The molecule has 3 rings (SSSR count). The van der Waals surface area contributed by atoms with Crippen LogP contribution in [0.1, 0.15) is 44.7 Å². The summed E-state index contributed by atoms with van der Waals surface area (Å²) < 4.78 is 5.76. The monoisotopic (exact) mass is 521 g/mol. The van der Waals surface area contributed by atoms with Crippen LogP contribution >= 0.6 is 23.2 Å². The number of aliphatic carboxylic acids is 2. The summed E-state index contributed by atoms with van der Waals surface area (Å²) in [4.78, 5) is 36.7. The Bertz CT molecular complexity index is 1100. The lowest BCUT2D eigenvalue weighted by atomic mass is 9.65. The van der Waals surface area contributed by atoms with Gasteiger partial charge in [-0.2, -0.15) is 0 Å². The highest BCUT2D eigenvalue weighted by Crippen LogP contribution is 2.56. The Hall–Kier alpha value is -2.77. The third-order valence-electron chi connectivity index (χ3n) is 7.44. The first-order valence-corrected chi connectivity index (χ1v) is 12.0. The summed E-state index contributed by atoms with van der Waals surface area (Å²) in [7, 11) is 0. The molecular formula is C26H29Cl2NO6. The number of halogens is 2. The number of carbonyl (C=O) groups excluding carboxylic acids is 1. The third kappa shape index (κ3) is 5.57. The summed E-state index contributed by atoms with van der Waals surface area (Å²) in [5.41, 5.74) is -0.459. The van der Waals surface area contributed by atoms with Crippen molar-refractivity contribution in [1.82, 2.24) is 5.32 Å². The molecule has 0 bridgehead atoms. The molecule has 1 aliphatic carbocycles. The van der Waals surface area contributed by atoms with Gasteiger partial charge in [0.2, 0.25) is 5.91 Å². The minimum atomic E-state index is -1.17. The summed E-state index contributed by atoms with van der Waals surface area (Å²) >= 11 is 12.3. The largest absolute Gasteiger partial charge is 0.489 e. The van der Waals surface area contributed by atoms with Gasteiger partial charge < -0.3 is 20.3 Å². The van der Waals surface area contributed by atoms with Gasteiger partial charge in [-0.15, -0.1) is 0 Å². The second kappa shape index (κ2) is 10.5. The Morgan fingerprint density at radius 3 is 2.17 bits per heavy atom. The number of carboxylic acids is 2. The standard InChI is InChI=1S/C26H29Cl2NO6/c1-25(2)18(22(30)31)11-12-26(25,3)24(34)29-21(23(32)33)13-15-7-9-16(10-8-15)35-14-17-19(27)5-4-6-20(17)28/h4-10,18,21H,11-14H2,1-3H3,(H,29,34)(H,30,31)(H,32,33)/t18-,21-,26+/m1/s1. The van der Waals surface area contributed by atoms with E-state index in [-0.39, 0.29) is 13.0 Å². The van der Waals surface area contributed by atoms with Crippen molar-refractivity contribution in [3.63, 3.8) is 0 Å². The van der Waals surface area contributed by atoms with Crippen LogP contribution in [-0.4, -0.2) is 34.1 Å². The van der Waals surface area contributed by atoms with Crippen LogP contribution < -0.4 is 10.1 Å². The van der Waals surface area contributed by atoms with Crippen LogP contribution in [0.5, 0.6) is 5.75 Å². The lowest BCUT2D eigenvalue weighted by molar-refractivity contribution is -0.151. The molecule has 0 radical (unpaired) electrons. The molecule has 1 amide bonds. The normalized spacial score (nSPS) is 21.8. The minimum Gasteiger partial charge on any atom is -0.489 e.